The molecule has 0 saturated heterocycles. The first kappa shape index (κ1) is 11.2. The first-order valence-corrected chi connectivity index (χ1v) is 4.43. The van der Waals surface area contributed by atoms with Crippen LogP contribution in [0.2, 0.25) is 0 Å². The maximum Gasteiger partial charge on any atom is 0.422 e. The van der Waals surface area contributed by atoms with Crippen molar-refractivity contribution in [3.05, 3.63) is 22.7 Å². The summed E-state index contributed by atoms with van der Waals surface area (Å²) in [5.41, 5.74) is 5.79. The van der Waals surface area contributed by atoms with Crippen LogP contribution in [0.4, 0.5) is 18.9 Å². The van der Waals surface area contributed by atoms with E-state index in [0.717, 1.165) is 0 Å². The average molecular weight is 270 g/mol. The Morgan fingerprint density at radius 2 is 2.00 bits per heavy atom. The van der Waals surface area contributed by atoms with Crippen LogP contribution in [-0.2, 0) is 0 Å². The standard InChI is InChI=1S/C8H7BrF3NO/c9-7-5(13)2-1-3-6(7)14-4-8(10,11)12/h1-3H,4,13H2. The van der Waals surface area contributed by atoms with E-state index < -0.39 is 12.8 Å². The first-order valence-electron chi connectivity index (χ1n) is 3.63. The predicted molar refractivity (Wildman–Crippen MR) is 50.1 cm³/mol. The molecule has 14 heavy (non-hydrogen) atoms. The lowest BCUT2D eigenvalue weighted by atomic mass is 10.3. The monoisotopic (exact) mass is 269 g/mol. The van der Waals surface area contributed by atoms with Gasteiger partial charge < -0.3 is 10.5 Å². The second-order valence-electron chi connectivity index (χ2n) is 2.56. The van der Waals surface area contributed by atoms with Gasteiger partial charge in [-0.1, -0.05) is 6.07 Å². The topological polar surface area (TPSA) is 35.2 Å². The Hall–Kier alpha value is -0.910. The maximum atomic E-state index is 11.8. The number of hydrogen-bond donors (Lipinski definition) is 1. The molecule has 0 heterocycles. The Labute approximate surface area is 87.0 Å². The average Bonchev–Trinajstić information content (AvgIpc) is 2.06. The number of hydrogen-bond acceptors (Lipinski definition) is 2. The summed E-state index contributed by atoms with van der Waals surface area (Å²) in [7, 11) is 0. The SMILES string of the molecule is Nc1cccc(OCC(F)(F)F)c1Br. The van der Waals surface area contributed by atoms with E-state index in [1.54, 1.807) is 6.07 Å². The van der Waals surface area contributed by atoms with Crippen molar-refractivity contribution in [3.8, 4) is 5.75 Å². The molecule has 0 amide bonds. The Morgan fingerprint density at radius 3 is 2.57 bits per heavy atom. The van der Waals surface area contributed by atoms with Crippen LogP contribution >= 0.6 is 15.9 Å². The Balaban J connectivity index is 2.73. The summed E-state index contributed by atoms with van der Waals surface area (Å²) in [5.74, 6) is 0.0855. The number of rotatable bonds is 2. The minimum Gasteiger partial charge on any atom is -0.483 e. The third-order valence-electron chi connectivity index (χ3n) is 1.38. The molecule has 78 valence electrons. The van der Waals surface area contributed by atoms with Gasteiger partial charge in [0.1, 0.15) is 5.75 Å². The van der Waals surface area contributed by atoms with Crippen molar-refractivity contribution in [2.24, 2.45) is 0 Å². The number of nitrogen functional groups attached to an aromatic ring is 1. The number of alkyl halides is 3. The van der Waals surface area contributed by atoms with Gasteiger partial charge in [0, 0.05) is 5.69 Å². The lowest BCUT2D eigenvalue weighted by Crippen LogP contribution is -2.19. The predicted octanol–water partition coefficient (Wildman–Crippen LogP) is 2.97. The molecule has 0 radical (unpaired) electrons. The summed E-state index contributed by atoms with van der Waals surface area (Å²) in [6.07, 6.45) is -4.34. The zero-order valence-electron chi connectivity index (χ0n) is 6.94. The molecule has 0 fully saturated rings. The zero-order valence-corrected chi connectivity index (χ0v) is 8.52. The van der Waals surface area contributed by atoms with E-state index in [1.165, 1.54) is 12.1 Å². The van der Waals surface area contributed by atoms with Gasteiger partial charge in [0.05, 0.1) is 4.47 Å². The molecule has 0 aromatic heterocycles. The Kier molecular flexibility index (Phi) is 3.25. The molecule has 0 unspecified atom stereocenters. The third-order valence-corrected chi connectivity index (χ3v) is 2.23. The maximum absolute atomic E-state index is 11.8. The number of halogens is 4. The normalized spacial score (nSPS) is 11.4. The highest BCUT2D eigenvalue weighted by Gasteiger charge is 2.28. The molecular formula is C8H7BrF3NO. The van der Waals surface area contributed by atoms with Gasteiger partial charge in [0.2, 0.25) is 0 Å². The van der Waals surface area contributed by atoms with Crippen molar-refractivity contribution < 1.29 is 17.9 Å². The quantitative estimate of drug-likeness (QED) is 0.838. The molecule has 0 saturated carbocycles. The fraction of sp³-hybridized carbons (Fsp3) is 0.250. The van der Waals surface area contributed by atoms with Gasteiger partial charge >= 0.3 is 6.18 Å². The molecule has 6 heteroatoms. The summed E-state index contributed by atoms with van der Waals surface area (Å²) < 4.78 is 40.3. The lowest BCUT2D eigenvalue weighted by Gasteiger charge is -2.11. The van der Waals surface area contributed by atoms with E-state index in [4.69, 9.17) is 5.73 Å². The molecule has 0 bridgehead atoms. The van der Waals surface area contributed by atoms with Crippen molar-refractivity contribution >= 4 is 21.6 Å². The largest absolute Gasteiger partial charge is 0.483 e. The van der Waals surface area contributed by atoms with E-state index in [0.29, 0.717) is 10.2 Å². The van der Waals surface area contributed by atoms with Gasteiger partial charge in [-0.3, -0.25) is 0 Å². The Morgan fingerprint density at radius 1 is 1.36 bits per heavy atom. The van der Waals surface area contributed by atoms with Crippen molar-refractivity contribution in [2.45, 2.75) is 6.18 Å². The van der Waals surface area contributed by atoms with E-state index in [-0.39, 0.29) is 5.75 Å². The van der Waals surface area contributed by atoms with Crippen LogP contribution in [-0.4, -0.2) is 12.8 Å². The van der Waals surface area contributed by atoms with Crippen molar-refractivity contribution in [2.75, 3.05) is 12.3 Å². The molecule has 0 aliphatic heterocycles. The summed E-state index contributed by atoms with van der Waals surface area (Å²) in [6.45, 7) is -1.32. The van der Waals surface area contributed by atoms with Gasteiger partial charge in [0.15, 0.2) is 6.61 Å². The van der Waals surface area contributed by atoms with Crippen LogP contribution in [0, 0.1) is 0 Å². The number of anilines is 1. The molecule has 2 N–H and O–H groups in total. The van der Waals surface area contributed by atoms with Crippen LogP contribution < -0.4 is 10.5 Å². The fourth-order valence-electron chi connectivity index (χ4n) is 0.799. The van der Waals surface area contributed by atoms with Gasteiger partial charge in [-0.2, -0.15) is 13.2 Å². The molecule has 2 nitrogen and oxygen atoms in total. The molecule has 0 aliphatic carbocycles. The van der Waals surface area contributed by atoms with Gasteiger partial charge in [-0.05, 0) is 28.1 Å². The summed E-state index contributed by atoms with van der Waals surface area (Å²) in [5, 5.41) is 0. The highest BCUT2D eigenvalue weighted by Crippen LogP contribution is 2.31. The number of ether oxygens (including phenoxy) is 1. The minimum absolute atomic E-state index is 0.0855. The molecule has 1 rings (SSSR count). The molecule has 0 spiro atoms. The molecule has 1 aromatic carbocycles. The van der Waals surface area contributed by atoms with Crippen LogP contribution in [0.15, 0.2) is 22.7 Å². The van der Waals surface area contributed by atoms with Crippen LogP contribution in [0.5, 0.6) is 5.75 Å². The highest BCUT2D eigenvalue weighted by atomic mass is 79.9. The van der Waals surface area contributed by atoms with Crippen molar-refractivity contribution in [1.29, 1.82) is 0 Å². The van der Waals surface area contributed by atoms with Crippen LogP contribution in [0.25, 0.3) is 0 Å². The fourth-order valence-corrected chi connectivity index (χ4v) is 1.18. The molecule has 0 aliphatic rings. The van der Waals surface area contributed by atoms with Gasteiger partial charge in [-0.25, -0.2) is 0 Å². The van der Waals surface area contributed by atoms with E-state index in [9.17, 15) is 13.2 Å². The van der Waals surface area contributed by atoms with E-state index >= 15 is 0 Å². The van der Waals surface area contributed by atoms with Crippen molar-refractivity contribution in [1.82, 2.24) is 0 Å². The van der Waals surface area contributed by atoms with Crippen LogP contribution in [0.1, 0.15) is 0 Å². The second-order valence-corrected chi connectivity index (χ2v) is 3.36. The van der Waals surface area contributed by atoms with Crippen molar-refractivity contribution in [3.63, 3.8) is 0 Å². The molecular weight excluding hydrogens is 263 g/mol. The Bertz CT molecular complexity index is 327. The van der Waals surface area contributed by atoms with E-state index in [1.807, 2.05) is 0 Å². The summed E-state index contributed by atoms with van der Waals surface area (Å²) in [6, 6.07) is 4.49. The first-order chi connectivity index (χ1) is 6.40. The summed E-state index contributed by atoms with van der Waals surface area (Å²) in [4.78, 5) is 0. The lowest BCUT2D eigenvalue weighted by molar-refractivity contribution is -0.153. The number of benzene rings is 1. The highest BCUT2D eigenvalue weighted by molar-refractivity contribution is 9.10. The van der Waals surface area contributed by atoms with E-state index in [2.05, 4.69) is 20.7 Å². The number of nitrogens with two attached hydrogens (primary N) is 1. The second kappa shape index (κ2) is 4.08. The smallest absolute Gasteiger partial charge is 0.422 e. The molecule has 0 atom stereocenters. The molecule has 1 aromatic rings. The third kappa shape index (κ3) is 3.10. The zero-order chi connectivity index (χ0) is 10.8. The van der Waals surface area contributed by atoms with Crippen LogP contribution in [0.3, 0.4) is 0 Å². The minimum atomic E-state index is -4.34. The van der Waals surface area contributed by atoms with Gasteiger partial charge in [-0.15, -0.1) is 0 Å². The van der Waals surface area contributed by atoms with Gasteiger partial charge in [0.25, 0.3) is 0 Å². The summed E-state index contributed by atoms with van der Waals surface area (Å²) >= 11 is 3.03.